The van der Waals surface area contributed by atoms with Gasteiger partial charge in [-0.1, -0.05) is 28.8 Å². The van der Waals surface area contributed by atoms with E-state index < -0.39 is 12.6 Å². The van der Waals surface area contributed by atoms with E-state index in [4.69, 9.17) is 4.74 Å². The van der Waals surface area contributed by atoms with Gasteiger partial charge in [0, 0.05) is 10.7 Å². The summed E-state index contributed by atoms with van der Waals surface area (Å²) in [4.78, 5) is 0. The van der Waals surface area contributed by atoms with Crippen LogP contribution in [0, 0.1) is 5.41 Å². The molecule has 0 aromatic carbocycles. The Morgan fingerprint density at radius 3 is 2.27 bits per heavy atom. The predicted octanol–water partition coefficient (Wildman–Crippen LogP) is 3.91. The second-order valence-corrected chi connectivity index (χ2v) is 4.82. The van der Waals surface area contributed by atoms with Crippen molar-refractivity contribution in [3.05, 3.63) is 0 Å². The van der Waals surface area contributed by atoms with Crippen molar-refractivity contribution in [2.24, 2.45) is 5.41 Å². The zero-order chi connectivity index (χ0) is 11.4. The van der Waals surface area contributed by atoms with E-state index in [0.29, 0.717) is 6.61 Å². The first-order valence-electron chi connectivity index (χ1n) is 5.18. The molecule has 0 aliphatic heterocycles. The fraction of sp³-hybridized carbons (Fsp3) is 1.00. The molecule has 0 spiro atoms. The molecule has 0 amide bonds. The lowest BCUT2D eigenvalue weighted by molar-refractivity contribution is -0.147. The number of hydrogen-bond acceptors (Lipinski definition) is 1. The second-order valence-electron chi connectivity index (χ2n) is 4.26. The fourth-order valence-electron chi connectivity index (χ4n) is 1.92. The minimum absolute atomic E-state index is 0.0889. The third-order valence-corrected chi connectivity index (χ3v) is 4.08. The largest absolute Gasteiger partial charge is 0.391 e. The van der Waals surface area contributed by atoms with Gasteiger partial charge in [-0.3, -0.25) is 0 Å². The smallest absolute Gasteiger partial charge is 0.380 e. The maximum atomic E-state index is 11.8. The molecule has 1 aliphatic rings. The summed E-state index contributed by atoms with van der Waals surface area (Å²) in [5, 5.41) is 0.825. The van der Waals surface area contributed by atoms with Crippen LogP contribution in [0.15, 0.2) is 0 Å². The van der Waals surface area contributed by atoms with Crippen molar-refractivity contribution in [2.75, 3.05) is 18.5 Å². The molecule has 0 aromatic heterocycles. The lowest BCUT2D eigenvalue weighted by atomic mass is 9.90. The summed E-state index contributed by atoms with van der Waals surface area (Å²) in [5.41, 5.74) is 0.0889. The molecule has 0 unspecified atom stereocenters. The fourth-order valence-corrected chi connectivity index (χ4v) is 2.64. The molecule has 1 rings (SSSR count). The molecule has 15 heavy (non-hydrogen) atoms. The van der Waals surface area contributed by atoms with Crippen LogP contribution in [0.4, 0.5) is 13.2 Å². The van der Waals surface area contributed by atoms with Gasteiger partial charge in [-0.2, -0.15) is 13.2 Å². The van der Waals surface area contributed by atoms with Gasteiger partial charge in [0.05, 0.1) is 19.6 Å². The zero-order valence-electron chi connectivity index (χ0n) is 8.58. The van der Waals surface area contributed by atoms with Crippen LogP contribution in [0.25, 0.3) is 0 Å². The molecule has 0 heterocycles. The molecule has 0 saturated heterocycles. The monoisotopic (exact) mass is 288 g/mol. The van der Waals surface area contributed by atoms with Gasteiger partial charge in [-0.25, -0.2) is 0 Å². The maximum absolute atomic E-state index is 11.8. The molecular formula is C10H16BrF3O. The molecule has 0 N–H and O–H groups in total. The maximum Gasteiger partial charge on any atom is 0.391 e. The Morgan fingerprint density at radius 2 is 1.80 bits per heavy atom. The summed E-state index contributed by atoms with van der Waals surface area (Å²) >= 11 is 3.42. The van der Waals surface area contributed by atoms with Crippen molar-refractivity contribution < 1.29 is 17.9 Å². The first-order valence-corrected chi connectivity index (χ1v) is 6.30. The van der Waals surface area contributed by atoms with E-state index in [1.165, 1.54) is 0 Å². The normalized spacial score (nSPS) is 20.8. The van der Waals surface area contributed by atoms with E-state index >= 15 is 0 Å². The van der Waals surface area contributed by atoms with Crippen LogP contribution in [-0.4, -0.2) is 24.7 Å². The van der Waals surface area contributed by atoms with E-state index in [-0.39, 0.29) is 12.0 Å². The summed E-state index contributed by atoms with van der Waals surface area (Å²) in [7, 11) is 0. The minimum Gasteiger partial charge on any atom is -0.380 e. The van der Waals surface area contributed by atoms with Crippen molar-refractivity contribution in [3.63, 3.8) is 0 Å². The molecular weight excluding hydrogens is 273 g/mol. The van der Waals surface area contributed by atoms with Gasteiger partial charge in [0.1, 0.15) is 0 Å². The second kappa shape index (κ2) is 5.53. The van der Waals surface area contributed by atoms with Gasteiger partial charge in [0.2, 0.25) is 0 Å². The lowest BCUT2D eigenvalue weighted by Crippen LogP contribution is -2.26. The highest BCUT2D eigenvalue weighted by molar-refractivity contribution is 9.09. The Morgan fingerprint density at radius 1 is 1.20 bits per heavy atom. The Balaban J connectivity index is 2.18. The van der Waals surface area contributed by atoms with Gasteiger partial charge < -0.3 is 4.74 Å². The summed E-state index contributed by atoms with van der Waals surface area (Å²) in [5.74, 6) is 0. The molecule has 1 nitrogen and oxygen atoms in total. The van der Waals surface area contributed by atoms with Crippen molar-refractivity contribution in [2.45, 2.75) is 38.3 Å². The SMILES string of the molecule is FC(F)(F)CCOCC1(CBr)CCCC1. The van der Waals surface area contributed by atoms with Crippen LogP contribution >= 0.6 is 15.9 Å². The summed E-state index contributed by atoms with van der Waals surface area (Å²) < 4.78 is 40.7. The topological polar surface area (TPSA) is 9.23 Å². The van der Waals surface area contributed by atoms with Gasteiger partial charge in [0.25, 0.3) is 0 Å². The van der Waals surface area contributed by atoms with E-state index in [2.05, 4.69) is 15.9 Å². The number of rotatable bonds is 5. The third-order valence-electron chi connectivity index (χ3n) is 2.89. The van der Waals surface area contributed by atoms with Gasteiger partial charge in [0.15, 0.2) is 0 Å². The predicted molar refractivity (Wildman–Crippen MR) is 56.2 cm³/mol. The molecule has 0 atom stereocenters. The van der Waals surface area contributed by atoms with Gasteiger partial charge in [-0.15, -0.1) is 0 Å². The van der Waals surface area contributed by atoms with Crippen molar-refractivity contribution >= 4 is 15.9 Å². The highest BCUT2D eigenvalue weighted by atomic mass is 79.9. The van der Waals surface area contributed by atoms with E-state index in [0.717, 1.165) is 31.0 Å². The number of alkyl halides is 4. The minimum atomic E-state index is -4.10. The summed E-state index contributed by atoms with van der Waals surface area (Å²) in [6.07, 6.45) is -0.500. The third kappa shape index (κ3) is 4.72. The van der Waals surface area contributed by atoms with Crippen LogP contribution in [0.5, 0.6) is 0 Å². The van der Waals surface area contributed by atoms with E-state index in [1.54, 1.807) is 0 Å². The van der Waals surface area contributed by atoms with E-state index in [1.807, 2.05) is 0 Å². The Kier molecular flexibility index (Phi) is 4.90. The Labute approximate surface area is 96.5 Å². The Hall–Kier alpha value is 0.230. The molecule has 5 heteroatoms. The summed E-state index contributed by atoms with van der Waals surface area (Å²) in [6, 6.07) is 0. The molecule has 0 radical (unpaired) electrons. The number of halogens is 4. The summed E-state index contributed by atoms with van der Waals surface area (Å²) in [6.45, 7) is 0.243. The lowest BCUT2D eigenvalue weighted by Gasteiger charge is -2.26. The molecule has 0 aromatic rings. The number of ether oxygens (including phenoxy) is 1. The molecule has 1 aliphatic carbocycles. The first kappa shape index (κ1) is 13.3. The van der Waals surface area contributed by atoms with Gasteiger partial charge >= 0.3 is 6.18 Å². The number of hydrogen-bond donors (Lipinski definition) is 0. The molecule has 90 valence electrons. The van der Waals surface area contributed by atoms with Crippen LogP contribution in [0.3, 0.4) is 0 Å². The van der Waals surface area contributed by atoms with Crippen molar-refractivity contribution in [1.82, 2.24) is 0 Å². The van der Waals surface area contributed by atoms with Crippen molar-refractivity contribution in [1.29, 1.82) is 0 Å². The van der Waals surface area contributed by atoms with Crippen LogP contribution in [0.2, 0.25) is 0 Å². The highest BCUT2D eigenvalue weighted by Gasteiger charge is 2.33. The first-order chi connectivity index (χ1) is 6.97. The van der Waals surface area contributed by atoms with Crippen LogP contribution in [0.1, 0.15) is 32.1 Å². The molecule has 1 saturated carbocycles. The zero-order valence-corrected chi connectivity index (χ0v) is 10.2. The average Bonchev–Trinajstić information content (AvgIpc) is 2.60. The average molecular weight is 289 g/mol. The van der Waals surface area contributed by atoms with Crippen LogP contribution < -0.4 is 0 Å². The van der Waals surface area contributed by atoms with Crippen molar-refractivity contribution in [3.8, 4) is 0 Å². The van der Waals surface area contributed by atoms with Gasteiger partial charge in [-0.05, 0) is 12.8 Å². The Bertz CT molecular complexity index is 188. The van der Waals surface area contributed by atoms with Crippen LogP contribution in [-0.2, 0) is 4.74 Å². The molecule has 0 bridgehead atoms. The highest BCUT2D eigenvalue weighted by Crippen LogP contribution is 2.39. The molecule has 1 fully saturated rings. The quantitative estimate of drug-likeness (QED) is 0.551. The standard InChI is InChI=1S/C10H16BrF3O/c11-7-9(3-1-2-4-9)8-15-6-5-10(12,13)14/h1-8H2. The van der Waals surface area contributed by atoms with E-state index in [9.17, 15) is 13.2 Å².